The molecule has 0 unspecified atom stereocenters. The quantitative estimate of drug-likeness (QED) is 0.0438. The van der Waals surface area contributed by atoms with Gasteiger partial charge in [-0.25, -0.2) is 0 Å². The largest absolute Gasteiger partial charge is 2.00 e. The van der Waals surface area contributed by atoms with Crippen molar-refractivity contribution in [3.8, 4) is 0 Å². The predicted octanol–water partition coefficient (Wildman–Crippen LogP) is 7.04. The number of hydrogen-bond acceptors (Lipinski definition) is 7. The molecule has 0 atom stereocenters. The minimum absolute atomic E-state index is 0. The van der Waals surface area contributed by atoms with Gasteiger partial charge in [0.25, 0.3) is 0 Å². The Balaban J connectivity index is -0.000000210. The molecule has 0 amide bonds. The van der Waals surface area contributed by atoms with Crippen molar-refractivity contribution in [2.24, 2.45) is 0 Å². The van der Waals surface area contributed by atoms with Gasteiger partial charge >= 0.3 is 60.8 Å². The SMILES string of the molecule is CCCCCCCCCCCCCCCCCC(=O)[O-].CCCCCCCCCCCCCCCCCC(=O)[O-].O=P([O-])([O-])O.[Ca+2].[Mg+2]. The summed E-state index contributed by atoms with van der Waals surface area (Å²) in [5, 5.41) is 20.4. The van der Waals surface area contributed by atoms with Crippen LogP contribution in [0.5, 0.6) is 0 Å². The fourth-order valence-electron chi connectivity index (χ4n) is 5.28. The van der Waals surface area contributed by atoms with Gasteiger partial charge in [-0.05, 0) is 25.7 Å². The maximum Gasteiger partial charge on any atom is 2.00 e. The number of rotatable bonds is 32. The molecule has 0 aliphatic rings. The molecule has 1 N–H and O–H groups in total. The maximum absolute atomic E-state index is 10.2. The molecule has 11 heteroatoms. The van der Waals surface area contributed by atoms with Crippen molar-refractivity contribution < 1.29 is 39.0 Å². The van der Waals surface area contributed by atoms with Gasteiger partial charge in [-0.2, -0.15) is 0 Å². The third kappa shape index (κ3) is 77.7. The van der Waals surface area contributed by atoms with Gasteiger partial charge in [-0.15, -0.1) is 0 Å². The van der Waals surface area contributed by atoms with E-state index in [0.29, 0.717) is 0 Å². The molecule has 272 valence electrons. The van der Waals surface area contributed by atoms with Crippen LogP contribution in [-0.2, 0) is 14.2 Å². The standard InChI is InChI=1S/2C18H36O2.Ca.Mg.H3O4P/c2*1-2-3-4-5-6-7-8-9-10-11-12-13-14-15-16-17-18(19)20;;;1-5(2,3)4/h2*2-17H2,1H3,(H,19,20);;;(H3,1,2,3,4)/q;;2*+2;/p-4. The van der Waals surface area contributed by atoms with Gasteiger partial charge in [0.05, 0.1) is 7.82 Å². The Kier molecular flexibility index (Phi) is 60.1. The minimum atomic E-state index is -5.14. The Morgan fingerprint density at radius 3 is 0.681 bits per heavy atom. The summed E-state index contributed by atoms with van der Waals surface area (Å²) >= 11 is 0. The van der Waals surface area contributed by atoms with Gasteiger partial charge in [-0.3, -0.25) is 0 Å². The second-order valence-corrected chi connectivity index (χ2v) is 13.5. The zero-order valence-corrected chi connectivity index (χ0v) is 35.3. The van der Waals surface area contributed by atoms with Gasteiger partial charge in [0.2, 0.25) is 0 Å². The van der Waals surface area contributed by atoms with Crippen molar-refractivity contribution >= 4 is 80.6 Å². The van der Waals surface area contributed by atoms with Crippen LogP contribution in [0.15, 0.2) is 0 Å². The molecule has 0 rings (SSSR count). The number of hydrogen-bond donors (Lipinski definition) is 1. The summed E-state index contributed by atoms with van der Waals surface area (Å²) in [4.78, 5) is 44.7. The van der Waals surface area contributed by atoms with E-state index in [9.17, 15) is 19.8 Å². The van der Waals surface area contributed by atoms with Crippen LogP contribution in [0.3, 0.4) is 0 Å². The van der Waals surface area contributed by atoms with Gasteiger partial charge in [-0.1, -0.05) is 194 Å². The summed E-state index contributed by atoms with van der Waals surface area (Å²) < 4.78 is 8.66. The summed E-state index contributed by atoms with van der Waals surface area (Å²) in [6, 6.07) is 0. The monoisotopic (exact) mass is 726 g/mol. The molecule has 0 aromatic carbocycles. The first kappa shape index (κ1) is 57.4. The van der Waals surface area contributed by atoms with Crippen LogP contribution < -0.4 is 20.0 Å². The van der Waals surface area contributed by atoms with E-state index in [1.165, 1.54) is 167 Å². The Morgan fingerprint density at radius 2 is 0.553 bits per heavy atom. The van der Waals surface area contributed by atoms with Gasteiger partial charge in [0.1, 0.15) is 0 Å². The van der Waals surface area contributed by atoms with Crippen LogP contribution in [0.1, 0.15) is 219 Å². The molecule has 8 nitrogen and oxygen atoms in total. The van der Waals surface area contributed by atoms with Crippen LogP contribution >= 0.6 is 7.82 Å². The molecule has 0 saturated carbocycles. The number of carboxylic acids is 2. The third-order valence-corrected chi connectivity index (χ3v) is 7.97. The second kappa shape index (κ2) is 49.2. The van der Waals surface area contributed by atoms with Gasteiger partial charge < -0.3 is 39.0 Å². The zero-order chi connectivity index (χ0) is 34.3. The van der Waals surface area contributed by atoms with Gasteiger partial charge in [0, 0.05) is 11.9 Å². The van der Waals surface area contributed by atoms with Crippen molar-refractivity contribution in [2.75, 3.05) is 0 Å². The van der Waals surface area contributed by atoms with Crippen molar-refractivity contribution in [3.63, 3.8) is 0 Å². The number of carbonyl (C=O) groups is 2. The number of unbranched alkanes of at least 4 members (excludes halogenated alkanes) is 28. The van der Waals surface area contributed by atoms with Crippen molar-refractivity contribution in [1.29, 1.82) is 0 Å². The minimum Gasteiger partial charge on any atom is -0.790 e. The van der Waals surface area contributed by atoms with Crippen molar-refractivity contribution in [2.45, 2.75) is 219 Å². The number of aliphatic carboxylic acids is 2. The first-order valence-electron chi connectivity index (χ1n) is 18.7. The summed E-state index contributed by atoms with van der Waals surface area (Å²) in [5.41, 5.74) is 0. The topological polar surface area (TPSA) is 164 Å². The Morgan fingerprint density at radius 1 is 0.426 bits per heavy atom. The maximum atomic E-state index is 10.2. The van der Waals surface area contributed by atoms with E-state index in [0.717, 1.165) is 25.7 Å². The van der Waals surface area contributed by atoms with E-state index in [1.807, 2.05) is 0 Å². The van der Waals surface area contributed by atoms with Crippen LogP contribution in [0.4, 0.5) is 0 Å². The fraction of sp³-hybridized carbons (Fsp3) is 0.944. The van der Waals surface area contributed by atoms with E-state index in [2.05, 4.69) is 13.8 Å². The first-order chi connectivity index (χ1) is 21.5. The van der Waals surface area contributed by atoms with Crippen molar-refractivity contribution in [3.05, 3.63) is 0 Å². The van der Waals surface area contributed by atoms with E-state index in [1.54, 1.807) is 0 Å². The molecule has 0 saturated heterocycles. The van der Waals surface area contributed by atoms with E-state index >= 15 is 0 Å². The van der Waals surface area contributed by atoms with Crippen LogP contribution in [0.2, 0.25) is 0 Å². The van der Waals surface area contributed by atoms with E-state index in [4.69, 9.17) is 19.2 Å². The molecule has 0 aliphatic heterocycles. The molecule has 0 spiro atoms. The summed E-state index contributed by atoms with van der Waals surface area (Å²) in [6.07, 6.45) is 39.7. The van der Waals surface area contributed by atoms with E-state index < -0.39 is 19.8 Å². The Hall–Kier alpha value is 1.08. The third-order valence-electron chi connectivity index (χ3n) is 7.97. The summed E-state index contributed by atoms with van der Waals surface area (Å²) in [7, 11) is -5.14. The normalized spacial score (nSPS) is 10.5. The zero-order valence-electron chi connectivity index (χ0n) is 30.8. The molecule has 0 bridgehead atoms. The van der Waals surface area contributed by atoms with Crippen LogP contribution in [0, 0.1) is 0 Å². The second-order valence-electron chi connectivity index (χ2n) is 12.6. The summed E-state index contributed by atoms with van der Waals surface area (Å²) in [5.74, 6) is -1.81. The molecule has 0 heterocycles. The molecule has 0 aliphatic carbocycles. The Labute approximate surface area is 336 Å². The number of carboxylic acid groups (broad SMARTS) is 2. The van der Waals surface area contributed by atoms with Crippen LogP contribution in [-0.4, -0.2) is 77.6 Å². The molecule has 0 fully saturated rings. The summed E-state index contributed by atoms with van der Waals surface area (Å²) in [6.45, 7) is 4.53. The fourth-order valence-corrected chi connectivity index (χ4v) is 5.28. The Bertz CT molecular complexity index is 600. The molecule has 0 radical (unpaired) electrons. The average molecular weight is 727 g/mol. The first-order valence-corrected chi connectivity index (χ1v) is 20.2. The average Bonchev–Trinajstić information content (AvgIpc) is 2.96. The number of carbonyl (C=O) groups excluding carboxylic acids is 2. The number of phosphoric acid groups is 1. The molecular weight excluding hydrogens is 656 g/mol. The van der Waals surface area contributed by atoms with Crippen LogP contribution in [0.25, 0.3) is 0 Å². The van der Waals surface area contributed by atoms with Crippen molar-refractivity contribution in [1.82, 2.24) is 0 Å². The van der Waals surface area contributed by atoms with E-state index in [-0.39, 0.29) is 73.6 Å². The molecule has 47 heavy (non-hydrogen) atoms. The molecular formula is C36H71CaMgO8P. The molecule has 0 aromatic heterocycles. The van der Waals surface area contributed by atoms with Gasteiger partial charge in [0.15, 0.2) is 0 Å². The predicted molar refractivity (Wildman–Crippen MR) is 190 cm³/mol. The smallest absolute Gasteiger partial charge is 0.790 e. The molecule has 0 aromatic rings.